The number of hydrogen-bond acceptors (Lipinski definition) is 9. The fourth-order valence-electron chi connectivity index (χ4n) is 5.50. The van der Waals surface area contributed by atoms with Crippen LogP contribution in [0.4, 0.5) is 0 Å². The predicted octanol–water partition coefficient (Wildman–Crippen LogP) is 9.32. The van der Waals surface area contributed by atoms with Crippen molar-refractivity contribution in [1.82, 2.24) is 4.98 Å². The molecule has 0 saturated heterocycles. The molecule has 6 rings (SSSR count). The van der Waals surface area contributed by atoms with Crippen LogP contribution in [0, 0.1) is 0 Å². The van der Waals surface area contributed by atoms with Crippen molar-refractivity contribution in [3.8, 4) is 45.8 Å². The van der Waals surface area contributed by atoms with E-state index in [-0.39, 0.29) is 17.8 Å². The molecule has 0 spiro atoms. The Morgan fingerprint density at radius 3 is 1.96 bits per heavy atom. The fraction of sp³-hybridized carbons (Fsp3) is 0.268. The van der Waals surface area contributed by atoms with Crippen LogP contribution in [0.5, 0.6) is 34.5 Å². The second kappa shape index (κ2) is 18.5. The van der Waals surface area contributed by atoms with Crippen molar-refractivity contribution < 1.29 is 32.8 Å². The van der Waals surface area contributed by atoms with Gasteiger partial charge in [0.05, 0.1) is 51.7 Å². The summed E-state index contributed by atoms with van der Waals surface area (Å²) >= 11 is 0. The molecule has 0 atom stereocenters. The first-order chi connectivity index (χ1) is 24.4. The van der Waals surface area contributed by atoms with E-state index in [1.807, 2.05) is 88.5 Å². The Labute approximate surface area is 304 Å². The number of aromatic nitrogens is 1. The molecule has 0 aliphatic heterocycles. The van der Waals surface area contributed by atoms with Gasteiger partial charge in [0.2, 0.25) is 0 Å². The van der Waals surface area contributed by atoms with Gasteiger partial charge in [0.1, 0.15) is 22.8 Å². The molecule has 2 aromatic heterocycles. The predicted molar refractivity (Wildman–Crippen MR) is 204 cm³/mol. The lowest BCUT2D eigenvalue weighted by molar-refractivity contribution is 0.287. The van der Waals surface area contributed by atoms with Gasteiger partial charge < -0.3 is 32.8 Å². The van der Waals surface area contributed by atoms with Crippen LogP contribution in [0.1, 0.15) is 39.0 Å². The minimum Gasteiger partial charge on any atom is -0.497 e. The molecule has 268 valence electrons. The Bertz CT molecular complexity index is 2110. The fourth-order valence-corrected chi connectivity index (χ4v) is 5.50. The SMILES string of the molecule is CCOc1ccc(Cc2nccc3cc(OCC)c(OCC)cc23)cc1OCC.COc1cccc(-c2cc(=O)c3ccc(OC)cc3o2)c1.Cl. The summed E-state index contributed by atoms with van der Waals surface area (Å²) in [5.41, 5.74) is 3.30. The van der Waals surface area contributed by atoms with E-state index in [1.54, 1.807) is 32.4 Å². The van der Waals surface area contributed by atoms with Crippen molar-refractivity contribution in [2.24, 2.45) is 0 Å². The van der Waals surface area contributed by atoms with Crippen molar-refractivity contribution in [1.29, 1.82) is 0 Å². The van der Waals surface area contributed by atoms with Crippen molar-refractivity contribution in [2.75, 3.05) is 40.6 Å². The number of hydrogen-bond donors (Lipinski definition) is 0. The number of methoxy groups -OCH3 is 2. The molecule has 51 heavy (non-hydrogen) atoms. The highest BCUT2D eigenvalue weighted by Crippen LogP contribution is 2.35. The number of halogens is 1. The second-order valence-corrected chi connectivity index (χ2v) is 11.0. The highest BCUT2D eigenvalue weighted by Gasteiger charge is 2.13. The van der Waals surface area contributed by atoms with Gasteiger partial charge in [0, 0.05) is 35.7 Å². The van der Waals surface area contributed by atoms with Gasteiger partial charge in [-0.25, -0.2) is 0 Å². The monoisotopic (exact) mass is 713 g/mol. The van der Waals surface area contributed by atoms with Gasteiger partial charge in [-0.2, -0.15) is 0 Å². The number of nitrogens with zero attached hydrogens (tertiary/aromatic N) is 1. The van der Waals surface area contributed by atoms with Crippen LogP contribution in [-0.4, -0.2) is 45.6 Å². The molecule has 0 fully saturated rings. The molecule has 0 amide bonds. The summed E-state index contributed by atoms with van der Waals surface area (Å²) in [4.78, 5) is 16.8. The maximum absolute atomic E-state index is 12.2. The smallest absolute Gasteiger partial charge is 0.193 e. The molecule has 10 heteroatoms. The lowest BCUT2D eigenvalue weighted by Crippen LogP contribution is -2.01. The number of benzene rings is 4. The van der Waals surface area contributed by atoms with Gasteiger partial charge in [-0.05, 0) is 93.2 Å². The van der Waals surface area contributed by atoms with Gasteiger partial charge in [-0.3, -0.25) is 9.78 Å². The Balaban J connectivity index is 0.000000235. The summed E-state index contributed by atoms with van der Waals surface area (Å²) in [6.07, 6.45) is 2.52. The van der Waals surface area contributed by atoms with Crippen LogP contribution >= 0.6 is 12.4 Å². The van der Waals surface area contributed by atoms with Crippen LogP contribution in [0.2, 0.25) is 0 Å². The molecule has 0 aliphatic rings. The highest BCUT2D eigenvalue weighted by molar-refractivity contribution is 5.88. The van der Waals surface area contributed by atoms with Gasteiger partial charge in [0.25, 0.3) is 0 Å². The number of ether oxygens (including phenoxy) is 6. The molecular formula is C41H44ClNO8. The normalized spacial score (nSPS) is 10.5. The summed E-state index contributed by atoms with van der Waals surface area (Å²) in [5.74, 6) is 4.90. The van der Waals surface area contributed by atoms with Crippen LogP contribution in [0.15, 0.2) is 100 Å². The lowest BCUT2D eigenvalue weighted by Gasteiger charge is -2.15. The number of rotatable bonds is 13. The van der Waals surface area contributed by atoms with Crippen LogP contribution in [0.25, 0.3) is 33.1 Å². The lowest BCUT2D eigenvalue weighted by atomic mass is 10.0. The van der Waals surface area contributed by atoms with Crippen LogP contribution in [-0.2, 0) is 6.42 Å². The van der Waals surface area contributed by atoms with Crippen molar-refractivity contribution in [2.45, 2.75) is 34.1 Å². The first-order valence-electron chi connectivity index (χ1n) is 16.7. The third-order valence-corrected chi connectivity index (χ3v) is 7.78. The van der Waals surface area contributed by atoms with E-state index in [0.717, 1.165) is 50.6 Å². The Morgan fingerprint density at radius 1 is 0.627 bits per heavy atom. The average Bonchev–Trinajstić information content (AvgIpc) is 3.13. The maximum atomic E-state index is 12.2. The van der Waals surface area contributed by atoms with E-state index in [0.29, 0.717) is 61.1 Å². The van der Waals surface area contributed by atoms with E-state index in [9.17, 15) is 4.79 Å². The third kappa shape index (κ3) is 9.43. The molecular weight excluding hydrogens is 670 g/mol. The zero-order valence-electron chi connectivity index (χ0n) is 29.8. The molecule has 6 aromatic rings. The van der Waals surface area contributed by atoms with Crippen molar-refractivity contribution in [3.63, 3.8) is 0 Å². The summed E-state index contributed by atoms with van der Waals surface area (Å²) in [6.45, 7) is 10.3. The van der Waals surface area contributed by atoms with Crippen LogP contribution < -0.4 is 33.8 Å². The zero-order valence-corrected chi connectivity index (χ0v) is 30.6. The standard InChI is InChI=1S/C24H29NO4.C17H14O4.ClH/c1-5-26-21-10-9-17(14-22(21)27-6-2)13-20-19-16-24(29-8-4)23(28-7-3)15-18(19)11-12-25-20;1-19-12-5-3-4-11(8-12)16-10-15(18)14-7-6-13(20-2)9-17(14)21-16;/h9-12,14-16H,5-8,13H2,1-4H3;3-10H,1-2H3;1H. The molecule has 9 nitrogen and oxygen atoms in total. The van der Waals surface area contributed by atoms with E-state index in [2.05, 4.69) is 11.1 Å². The molecule has 0 unspecified atom stereocenters. The number of fused-ring (bicyclic) bond motifs is 2. The van der Waals surface area contributed by atoms with Gasteiger partial charge in [-0.1, -0.05) is 18.2 Å². The number of pyridine rings is 1. The molecule has 0 bridgehead atoms. The van der Waals surface area contributed by atoms with Crippen LogP contribution in [0.3, 0.4) is 0 Å². The topological polar surface area (TPSA) is 98.5 Å². The average molecular weight is 714 g/mol. The molecule has 2 heterocycles. The van der Waals surface area contributed by atoms with E-state index >= 15 is 0 Å². The van der Waals surface area contributed by atoms with E-state index in [4.69, 9.17) is 32.8 Å². The third-order valence-electron chi connectivity index (χ3n) is 7.78. The maximum Gasteiger partial charge on any atom is 0.193 e. The Kier molecular flexibility index (Phi) is 14.0. The minimum absolute atomic E-state index is 0. The quantitative estimate of drug-likeness (QED) is 0.116. The highest BCUT2D eigenvalue weighted by atomic mass is 35.5. The van der Waals surface area contributed by atoms with Crippen molar-refractivity contribution in [3.05, 3.63) is 113 Å². The first-order valence-corrected chi connectivity index (χ1v) is 16.7. The summed E-state index contributed by atoms with van der Waals surface area (Å²) in [5, 5.41) is 2.67. The molecule has 4 aromatic carbocycles. The summed E-state index contributed by atoms with van der Waals surface area (Å²) in [6, 6.07) is 26.1. The Hall–Kier alpha value is -5.41. The zero-order chi connectivity index (χ0) is 35.5. The van der Waals surface area contributed by atoms with Gasteiger partial charge in [-0.15, -0.1) is 12.4 Å². The van der Waals surface area contributed by atoms with E-state index in [1.165, 1.54) is 6.07 Å². The van der Waals surface area contributed by atoms with Gasteiger partial charge >= 0.3 is 0 Å². The summed E-state index contributed by atoms with van der Waals surface area (Å²) in [7, 11) is 3.17. The molecule has 0 aliphatic carbocycles. The first kappa shape index (κ1) is 38.4. The largest absolute Gasteiger partial charge is 0.497 e. The second-order valence-electron chi connectivity index (χ2n) is 11.0. The molecule has 0 radical (unpaired) electrons. The van der Waals surface area contributed by atoms with E-state index < -0.39 is 0 Å². The van der Waals surface area contributed by atoms with Gasteiger partial charge in [0.15, 0.2) is 28.4 Å². The summed E-state index contributed by atoms with van der Waals surface area (Å²) < 4.78 is 39.2. The molecule has 0 saturated carbocycles. The Morgan fingerprint density at radius 2 is 1.27 bits per heavy atom. The van der Waals surface area contributed by atoms with Crippen molar-refractivity contribution >= 4 is 34.1 Å². The minimum atomic E-state index is -0.0864. The molecule has 0 N–H and O–H groups in total.